The number of para-hydroxylation sites is 2. The predicted molar refractivity (Wildman–Crippen MR) is 113 cm³/mol. The summed E-state index contributed by atoms with van der Waals surface area (Å²) in [5.41, 5.74) is 1.90. The Labute approximate surface area is 172 Å². The van der Waals surface area contributed by atoms with Crippen molar-refractivity contribution >= 4 is 39.1 Å². The fraction of sp³-hybridized carbons (Fsp3) is 0.0476. The molecule has 0 fully saturated rings. The molecule has 8 nitrogen and oxygen atoms in total. The Balaban J connectivity index is 1.58. The van der Waals surface area contributed by atoms with Crippen LogP contribution < -0.4 is 14.8 Å². The van der Waals surface area contributed by atoms with Crippen LogP contribution in [0.2, 0.25) is 0 Å². The van der Waals surface area contributed by atoms with Gasteiger partial charge in [-0.2, -0.15) is 0 Å². The number of fused-ring (bicyclic) bond motifs is 3. The molecule has 0 spiro atoms. The second-order valence-corrected chi connectivity index (χ2v) is 7.49. The zero-order chi connectivity index (χ0) is 20.8. The summed E-state index contributed by atoms with van der Waals surface area (Å²) < 4.78 is 13.2. The summed E-state index contributed by atoms with van der Waals surface area (Å²) in [5, 5.41) is 11.0. The Morgan fingerprint density at radius 2 is 2.03 bits per heavy atom. The van der Waals surface area contributed by atoms with E-state index in [1.807, 2.05) is 24.3 Å². The van der Waals surface area contributed by atoms with E-state index in [2.05, 4.69) is 4.98 Å². The Kier molecular flexibility index (Phi) is 4.11. The van der Waals surface area contributed by atoms with Crippen LogP contribution in [-0.2, 0) is 0 Å². The van der Waals surface area contributed by atoms with E-state index in [-0.39, 0.29) is 11.2 Å². The summed E-state index contributed by atoms with van der Waals surface area (Å²) in [6.45, 7) is 0. The topological polar surface area (TPSA) is 99.9 Å². The lowest BCUT2D eigenvalue weighted by atomic mass is 10.1. The third-order valence-electron chi connectivity index (χ3n) is 4.71. The summed E-state index contributed by atoms with van der Waals surface area (Å²) in [4.78, 5) is 28.5. The predicted octanol–water partition coefficient (Wildman–Crippen LogP) is 3.63. The molecule has 0 saturated heterocycles. The van der Waals surface area contributed by atoms with Gasteiger partial charge in [-0.25, -0.2) is 9.38 Å². The highest BCUT2D eigenvalue weighted by molar-refractivity contribution is 7.15. The van der Waals surface area contributed by atoms with Crippen LogP contribution in [0.4, 0.5) is 5.69 Å². The van der Waals surface area contributed by atoms with Gasteiger partial charge in [0.2, 0.25) is 0 Å². The highest BCUT2D eigenvalue weighted by atomic mass is 32.1. The summed E-state index contributed by atoms with van der Waals surface area (Å²) in [6, 6.07) is 15.2. The first-order valence-corrected chi connectivity index (χ1v) is 9.71. The fourth-order valence-electron chi connectivity index (χ4n) is 3.31. The molecule has 3 heterocycles. The number of nitrogens with zero attached hydrogens (tertiary/aromatic N) is 3. The molecule has 3 aromatic heterocycles. The van der Waals surface area contributed by atoms with Gasteiger partial charge in [0, 0.05) is 12.1 Å². The van der Waals surface area contributed by atoms with Crippen molar-refractivity contribution in [3.63, 3.8) is 0 Å². The van der Waals surface area contributed by atoms with Gasteiger partial charge < -0.3 is 9.15 Å². The Hall–Kier alpha value is -3.98. The lowest BCUT2D eigenvalue weighted by Gasteiger charge is -2.05. The number of furan rings is 1. The molecule has 0 saturated carbocycles. The maximum atomic E-state index is 12.9. The van der Waals surface area contributed by atoms with E-state index in [1.54, 1.807) is 28.7 Å². The minimum atomic E-state index is -0.486. The molecule has 2 aromatic carbocycles. The number of aromatic nitrogens is 2. The van der Waals surface area contributed by atoms with Gasteiger partial charge in [-0.15, -0.1) is 0 Å². The lowest BCUT2D eigenvalue weighted by Crippen LogP contribution is -2.22. The molecule has 0 bridgehead atoms. The van der Waals surface area contributed by atoms with Crippen LogP contribution >= 0.6 is 11.3 Å². The van der Waals surface area contributed by atoms with Crippen molar-refractivity contribution in [3.8, 4) is 17.1 Å². The molecule has 5 aromatic rings. The van der Waals surface area contributed by atoms with Crippen molar-refractivity contribution in [2.75, 3.05) is 7.11 Å². The normalized spacial score (nSPS) is 12.1. The number of nitro benzene ring substituents is 1. The molecule has 0 N–H and O–H groups in total. The molecule has 0 radical (unpaired) electrons. The van der Waals surface area contributed by atoms with Crippen LogP contribution in [0.3, 0.4) is 0 Å². The number of imidazole rings is 1. The average Bonchev–Trinajstić information content (AvgIpc) is 3.43. The van der Waals surface area contributed by atoms with Gasteiger partial charge >= 0.3 is 0 Å². The molecular formula is C21H13N3O5S. The maximum absolute atomic E-state index is 12.9. The number of hydrogen-bond donors (Lipinski definition) is 0. The van der Waals surface area contributed by atoms with Crippen molar-refractivity contribution < 1.29 is 14.1 Å². The largest absolute Gasteiger partial charge is 0.496 e. The molecule has 0 unspecified atom stereocenters. The lowest BCUT2D eigenvalue weighted by molar-refractivity contribution is -0.384. The summed E-state index contributed by atoms with van der Waals surface area (Å²) in [7, 11) is 1.44. The number of rotatable bonds is 4. The second kappa shape index (κ2) is 6.82. The highest BCUT2D eigenvalue weighted by Gasteiger charge is 2.16. The highest BCUT2D eigenvalue weighted by Crippen LogP contribution is 2.34. The van der Waals surface area contributed by atoms with E-state index in [9.17, 15) is 14.9 Å². The average molecular weight is 419 g/mol. The molecular weight excluding hydrogens is 406 g/mol. The van der Waals surface area contributed by atoms with E-state index < -0.39 is 4.92 Å². The monoisotopic (exact) mass is 419 g/mol. The molecule has 0 aliphatic heterocycles. The first kappa shape index (κ1) is 18.1. The van der Waals surface area contributed by atoms with Crippen molar-refractivity contribution in [3.05, 3.63) is 85.4 Å². The third-order valence-corrected chi connectivity index (χ3v) is 5.68. The molecule has 0 aliphatic rings. The van der Waals surface area contributed by atoms with Crippen LogP contribution in [0.25, 0.3) is 33.4 Å². The van der Waals surface area contributed by atoms with E-state index in [1.165, 1.54) is 30.6 Å². The van der Waals surface area contributed by atoms with Gasteiger partial charge in [0.1, 0.15) is 21.8 Å². The summed E-state index contributed by atoms with van der Waals surface area (Å²) in [5.74, 6) is 1.29. The maximum Gasteiger partial charge on any atom is 0.275 e. The SMILES string of the molecule is COc1cc([N+](=O)[O-])ccc1-c1ccc(/C=c2/sc3nc4ccccc4n3c2=O)o1. The van der Waals surface area contributed by atoms with Gasteiger partial charge in [0.15, 0.2) is 4.96 Å². The summed E-state index contributed by atoms with van der Waals surface area (Å²) in [6.07, 6.45) is 1.66. The van der Waals surface area contributed by atoms with E-state index in [4.69, 9.17) is 9.15 Å². The van der Waals surface area contributed by atoms with Crippen LogP contribution in [0.5, 0.6) is 5.75 Å². The molecule has 0 atom stereocenters. The van der Waals surface area contributed by atoms with Gasteiger partial charge in [0.05, 0.1) is 34.7 Å². The van der Waals surface area contributed by atoms with Crippen molar-refractivity contribution in [1.29, 1.82) is 0 Å². The van der Waals surface area contributed by atoms with Crippen molar-refractivity contribution in [2.24, 2.45) is 0 Å². The first-order valence-electron chi connectivity index (χ1n) is 8.89. The molecule has 9 heteroatoms. The van der Waals surface area contributed by atoms with Crippen LogP contribution in [-0.4, -0.2) is 21.4 Å². The van der Waals surface area contributed by atoms with E-state index in [0.29, 0.717) is 32.3 Å². The van der Waals surface area contributed by atoms with Gasteiger partial charge in [-0.3, -0.25) is 14.9 Å². The number of methoxy groups -OCH3 is 1. The minimum absolute atomic E-state index is 0.0703. The number of ether oxygens (including phenoxy) is 1. The van der Waals surface area contributed by atoms with Gasteiger partial charge in [-0.1, -0.05) is 23.5 Å². The number of nitro groups is 1. The van der Waals surface area contributed by atoms with E-state index >= 15 is 0 Å². The smallest absolute Gasteiger partial charge is 0.275 e. The van der Waals surface area contributed by atoms with Gasteiger partial charge in [0.25, 0.3) is 11.2 Å². The third kappa shape index (κ3) is 2.83. The molecule has 148 valence electrons. The second-order valence-electron chi connectivity index (χ2n) is 6.48. The van der Waals surface area contributed by atoms with Crippen LogP contribution in [0.1, 0.15) is 5.76 Å². The van der Waals surface area contributed by atoms with Gasteiger partial charge in [-0.05, 0) is 30.3 Å². The number of benzene rings is 2. The van der Waals surface area contributed by atoms with Crippen molar-refractivity contribution in [1.82, 2.24) is 9.38 Å². The molecule has 5 rings (SSSR count). The zero-order valence-corrected chi connectivity index (χ0v) is 16.4. The van der Waals surface area contributed by atoms with E-state index in [0.717, 1.165) is 11.0 Å². The molecule has 0 amide bonds. The number of non-ortho nitro benzene ring substituents is 1. The minimum Gasteiger partial charge on any atom is -0.496 e. The molecule has 30 heavy (non-hydrogen) atoms. The standard InChI is InChI=1S/C21H13N3O5S/c1-28-18-10-12(24(26)27)6-8-14(18)17-9-7-13(29-17)11-19-20(25)23-16-5-3-2-4-15(16)22-21(23)30-19/h2-11H,1H3/b19-11+. The van der Waals surface area contributed by atoms with Crippen molar-refractivity contribution in [2.45, 2.75) is 0 Å². The Morgan fingerprint density at radius 1 is 1.20 bits per heavy atom. The van der Waals surface area contributed by atoms with Crippen LogP contribution in [0, 0.1) is 10.1 Å². The first-order chi connectivity index (χ1) is 14.5. The Morgan fingerprint density at radius 3 is 2.83 bits per heavy atom. The molecule has 0 aliphatic carbocycles. The fourth-order valence-corrected chi connectivity index (χ4v) is 4.28. The van der Waals surface area contributed by atoms with Crippen LogP contribution in [0.15, 0.2) is 63.8 Å². The Bertz CT molecular complexity index is 1550. The number of thiazole rings is 1. The zero-order valence-electron chi connectivity index (χ0n) is 15.6. The summed E-state index contributed by atoms with van der Waals surface area (Å²) >= 11 is 1.29. The number of hydrogen-bond acceptors (Lipinski definition) is 7. The quantitative estimate of drug-likeness (QED) is 0.326.